The standard InChI is InChI=1S/C10H11Cl2N2S/c1-13-8-4-6(11)7(12)5-9(8)14(2)10(13)15-3/h4-5H,1-3H3/q+1. The van der Waals surface area contributed by atoms with Crippen molar-refractivity contribution in [3.05, 3.63) is 22.2 Å². The van der Waals surface area contributed by atoms with Crippen LogP contribution in [-0.2, 0) is 14.1 Å². The number of rotatable bonds is 1. The highest BCUT2D eigenvalue weighted by Gasteiger charge is 2.20. The van der Waals surface area contributed by atoms with Gasteiger partial charge in [0.25, 0.3) is 0 Å². The quantitative estimate of drug-likeness (QED) is 0.567. The minimum Gasteiger partial charge on any atom is -0.220 e. The molecular formula is C10H11Cl2N2S+. The number of aromatic nitrogens is 2. The van der Waals surface area contributed by atoms with Crippen LogP contribution in [0.1, 0.15) is 0 Å². The Morgan fingerprint density at radius 1 is 1.27 bits per heavy atom. The molecule has 2 aromatic rings. The molecule has 1 aromatic heterocycles. The summed E-state index contributed by atoms with van der Waals surface area (Å²) in [5.41, 5.74) is 2.19. The molecule has 15 heavy (non-hydrogen) atoms. The predicted molar refractivity (Wildman–Crippen MR) is 65.9 cm³/mol. The second kappa shape index (κ2) is 3.89. The van der Waals surface area contributed by atoms with E-state index in [0.717, 1.165) is 11.0 Å². The van der Waals surface area contributed by atoms with E-state index in [1.54, 1.807) is 11.8 Å². The molecule has 0 radical (unpaired) electrons. The van der Waals surface area contributed by atoms with Crippen molar-refractivity contribution in [2.75, 3.05) is 6.26 Å². The molecule has 0 N–H and O–H groups in total. The van der Waals surface area contributed by atoms with E-state index >= 15 is 0 Å². The highest BCUT2D eigenvalue weighted by molar-refractivity contribution is 7.98. The van der Waals surface area contributed by atoms with E-state index in [4.69, 9.17) is 23.2 Å². The van der Waals surface area contributed by atoms with Crippen molar-refractivity contribution < 1.29 is 4.57 Å². The number of thioether (sulfide) groups is 1. The van der Waals surface area contributed by atoms with Gasteiger partial charge in [-0.15, -0.1) is 0 Å². The van der Waals surface area contributed by atoms with Crippen LogP contribution in [0, 0.1) is 0 Å². The molecule has 0 unspecified atom stereocenters. The first-order valence-electron chi connectivity index (χ1n) is 4.43. The molecule has 0 spiro atoms. The number of halogens is 2. The fourth-order valence-corrected chi connectivity index (χ4v) is 2.83. The SMILES string of the molecule is CSc1n(C)c2cc(Cl)c(Cl)cc2[n+]1C. The number of nitrogens with zero attached hydrogens (tertiary/aromatic N) is 2. The van der Waals surface area contributed by atoms with E-state index < -0.39 is 0 Å². The zero-order valence-electron chi connectivity index (χ0n) is 8.71. The lowest BCUT2D eigenvalue weighted by Gasteiger charge is -1.93. The second-order valence-electron chi connectivity index (χ2n) is 3.36. The van der Waals surface area contributed by atoms with Crippen LogP contribution in [0.4, 0.5) is 0 Å². The number of aryl methyl sites for hydroxylation is 2. The van der Waals surface area contributed by atoms with Crippen LogP contribution >= 0.6 is 35.0 Å². The molecule has 5 heteroatoms. The zero-order valence-corrected chi connectivity index (χ0v) is 11.0. The van der Waals surface area contributed by atoms with Gasteiger partial charge in [-0.1, -0.05) is 23.2 Å². The van der Waals surface area contributed by atoms with E-state index in [9.17, 15) is 0 Å². The first-order valence-corrected chi connectivity index (χ1v) is 6.41. The number of benzene rings is 1. The Bertz CT molecular complexity index is 489. The third-order valence-electron chi connectivity index (χ3n) is 2.50. The molecule has 1 aromatic carbocycles. The molecule has 0 aliphatic heterocycles. The Balaban J connectivity index is 2.90. The van der Waals surface area contributed by atoms with Gasteiger partial charge < -0.3 is 0 Å². The van der Waals surface area contributed by atoms with Crippen LogP contribution in [0.25, 0.3) is 11.0 Å². The number of hydrogen-bond donors (Lipinski definition) is 0. The average molecular weight is 262 g/mol. The van der Waals surface area contributed by atoms with Gasteiger partial charge in [-0.25, -0.2) is 9.13 Å². The maximum absolute atomic E-state index is 6.00. The van der Waals surface area contributed by atoms with Crippen molar-refractivity contribution in [2.24, 2.45) is 14.1 Å². The maximum Gasteiger partial charge on any atom is 0.318 e. The highest BCUT2D eigenvalue weighted by atomic mass is 35.5. The van der Waals surface area contributed by atoms with Crippen molar-refractivity contribution in [1.29, 1.82) is 0 Å². The summed E-state index contributed by atoms with van der Waals surface area (Å²) in [4.78, 5) is 0. The summed E-state index contributed by atoms with van der Waals surface area (Å²) in [6.45, 7) is 0. The molecular weight excluding hydrogens is 251 g/mol. The van der Waals surface area contributed by atoms with Crippen molar-refractivity contribution >= 4 is 46.0 Å². The summed E-state index contributed by atoms with van der Waals surface area (Å²) in [6, 6.07) is 3.80. The van der Waals surface area contributed by atoms with Gasteiger partial charge in [0, 0.05) is 12.1 Å². The molecule has 0 bridgehead atoms. The molecule has 0 amide bonds. The fraction of sp³-hybridized carbons (Fsp3) is 0.300. The molecule has 80 valence electrons. The van der Waals surface area contributed by atoms with Crippen molar-refractivity contribution in [3.8, 4) is 0 Å². The molecule has 0 saturated carbocycles. The lowest BCUT2D eigenvalue weighted by molar-refractivity contribution is -0.685. The monoisotopic (exact) mass is 261 g/mol. The largest absolute Gasteiger partial charge is 0.318 e. The maximum atomic E-state index is 6.00. The van der Waals surface area contributed by atoms with Crippen molar-refractivity contribution in [1.82, 2.24) is 4.57 Å². The van der Waals surface area contributed by atoms with Gasteiger partial charge in [0.15, 0.2) is 11.0 Å². The van der Waals surface area contributed by atoms with Gasteiger partial charge in [0.1, 0.15) is 0 Å². The van der Waals surface area contributed by atoms with Gasteiger partial charge in [-0.2, -0.15) is 0 Å². The lowest BCUT2D eigenvalue weighted by atomic mass is 10.3. The minimum atomic E-state index is 0.595. The smallest absolute Gasteiger partial charge is 0.220 e. The number of imidazole rings is 1. The Morgan fingerprint density at radius 2 is 1.87 bits per heavy atom. The first kappa shape index (κ1) is 11.1. The molecule has 0 aliphatic carbocycles. The van der Waals surface area contributed by atoms with Crippen LogP contribution in [0.5, 0.6) is 0 Å². The first-order chi connectivity index (χ1) is 7.06. The summed E-state index contributed by atoms with van der Waals surface area (Å²) in [7, 11) is 4.05. The van der Waals surface area contributed by atoms with Crippen LogP contribution in [0.15, 0.2) is 17.3 Å². The Hall–Kier alpha value is -0.380. The molecule has 2 rings (SSSR count). The van der Waals surface area contributed by atoms with Gasteiger partial charge in [-0.3, -0.25) is 0 Å². The number of hydrogen-bond acceptors (Lipinski definition) is 1. The Labute approximate surface area is 103 Å². The number of fused-ring (bicyclic) bond motifs is 1. The minimum absolute atomic E-state index is 0.595. The van der Waals surface area contributed by atoms with Gasteiger partial charge >= 0.3 is 5.16 Å². The van der Waals surface area contributed by atoms with E-state index in [1.807, 2.05) is 26.2 Å². The van der Waals surface area contributed by atoms with E-state index in [2.05, 4.69) is 15.4 Å². The fourth-order valence-electron chi connectivity index (χ4n) is 1.77. The summed E-state index contributed by atoms with van der Waals surface area (Å²) in [5, 5.41) is 2.36. The van der Waals surface area contributed by atoms with Gasteiger partial charge in [0.2, 0.25) is 0 Å². The highest BCUT2D eigenvalue weighted by Crippen LogP contribution is 2.28. The lowest BCUT2D eigenvalue weighted by Crippen LogP contribution is -2.29. The average Bonchev–Trinajstić information content (AvgIpc) is 2.42. The summed E-state index contributed by atoms with van der Waals surface area (Å²) >= 11 is 13.7. The Morgan fingerprint density at radius 3 is 2.47 bits per heavy atom. The van der Waals surface area contributed by atoms with Crippen LogP contribution in [0.3, 0.4) is 0 Å². The van der Waals surface area contributed by atoms with E-state index in [1.165, 1.54) is 5.16 Å². The Kier molecular flexibility index (Phi) is 2.88. The predicted octanol–water partition coefficient (Wildman–Crippen LogP) is 3.03. The van der Waals surface area contributed by atoms with Crippen LogP contribution in [-0.4, -0.2) is 10.8 Å². The topological polar surface area (TPSA) is 8.81 Å². The van der Waals surface area contributed by atoms with Crippen molar-refractivity contribution in [3.63, 3.8) is 0 Å². The van der Waals surface area contributed by atoms with Gasteiger partial charge in [-0.05, 0) is 18.0 Å². The van der Waals surface area contributed by atoms with E-state index in [-0.39, 0.29) is 0 Å². The molecule has 0 aliphatic rings. The third-order valence-corrected chi connectivity index (χ3v) is 4.13. The molecule has 0 saturated heterocycles. The molecule has 1 heterocycles. The normalized spacial score (nSPS) is 11.3. The molecule has 0 atom stereocenters. The van der Waals surface area contributed by atoms with Crippen molar-refractivity contribution in [2.45, 2.75) is 5.16 Å². The van der Waals surface area contributed by atoms with E-state index in [0.29, 0.717) is 10.0 Å². The van der Waals surface area contributed by atoms with Crippen LogP contribution in [0.2, 0.25) is 10.0 Å². The molecule has 0 fully saturated rings. The molecule has 2 nitrogen and oxygen atoms in total. The summed E-state index contributed by atoms with van der Waals surface area (Å²) in [6.07, 6.45) is 2.05. The van der Waals surface area contributed by atoms with Crippen LogP contribution < -0.4 is 4.57 Å². The summed E-state index contributed by atoms with van der Waals surface area (Å²) in [5.74, 6) is 0. The third kappa shape index (κ3) is 1.63. The second-order valence-corrected chi connectivity index (χ2v) is 4.95. The summed E-state index contributed by atoms with van der Waals surface area (Å²) < 4.78 is 4.23. The zero-order chi connectivity index (χ0) is 11.2. The van der Waals surface area contributed by atoms with Gasteiger partial charge in [0.05, 0.1) is 24.1 Å².